The maximum Gasteiger partial charge on any atom is 0.451 e. The summed E-state index contributed by atoms with van der Waals surface area (Å²) in [5.41, 5.74) is 0.461. The summed E-state index contributed by atoms with van der Waals surface area (Å²) in [6, 6.07) is 6.82. The van der Waals surface area contributed by atoms with Gasteiger partial charge in [0.1, 0.15) is 5.75 Å². The predicted molar refractivity (Wildman–Crippen MR) is 95.8 cm³/mol. The van der Waals surface area contributed by atoms with Crippen molar-refractivity contribution in [3.63, 3.8) is 0 Å². The van der Waals surface area contributed by atoms with Gasteiger partial charge in [0.15, 0.2) is 5.82 Å². The molecule has 0 unspecified atom stereocenters. The number of halogens is 3. The number of amides is 1. The number of carbonyl (C=O) groups excluding carboxylic acids is 1. The lowest BCUT2D eigenvalue weighted by Crippen LogP contribution is -2.39. The molecule has 6 nitrogen and oxygen atoms in total. The number of unbranched alkanes of at least 4 members (excludes halogenated alkanes) is 3. The average molecular weight is 396 g/mol. The van der Waals surface area contributed by atoms with Gasteiger partial charge in [-0.25, -0.2) is 0 Å². The molecular weight excluding hydrogens is 373 g/mol. The molecule has 152 valence electrons. The second kappa shape index (κ2) is 8.62. The maximum absolute atomic E-state index is 12.9. The third kappa shape index (κ3) is 4.63. The van der Waals surface area contributed by atoms with Crippen LogP contribution in [0.25, 0.3) is 0 Å². The molecule has 0 saturated carbocycles. The smallest absolute Gasteiger partial charge is 0.451 e. The zero-order chi connectivity index (χ0) is 20.1. The Labute approximate surface area is 161 Å². The van der Waals surface area contributed by atoms with Gasteiger partial charge >= 0.3 is 6.18 Å². The SMILES string of the molecule is CCCCCCOc1ccc(C(=O)N2CCn3c(nnc3C(F)(F)F)C2)cc1. The fraction of sp³-hybridized carbons (Fsp3) is 0.526. The van der Waals surface area contributed by atoms with Gasteiger partial charge in [0.25, 0.3) is 5.91 Å². The number of nitrogens with zero attached hydrogens (tertiary/aromatic N) is 4. The number of ether oxygens (including phenoxy) is 1. The normalized spacial score (nSPS) is 14.1. The molecule has 28 heavy (non-hydrogen) atoms. The monoisotopic (exact) mass is 396 g/mol. The van der Waals surface area contributed by atoms with Crippen LogP contribution in [0.3, 0.4) is 0 Å². The van der Waals surface area contributed by atoms with Crippen LogP contribution in [0.4, 0.5) is 13.2 Å². The van der Waals surface area contributed by atoms with Crippen LogP contribution >= 0.6 is 0 Å². The molecule has 1 aromatic heterocycles. The van der Waals surface area contributed by atoms with E-state index in [0.717, 1.165) is 17.4 Å². The first-order valence-electron chi connectivity index (χ1n) is 9.41. The minimum Gasteiger partial charge on any atom is -0.494 e. The Morgan fingerprint density at radius 1 is 1.11 bits per heavy atom. The molecule has 2 aromatic rings. The highest BCUT2D eigenvalue weighted by molar-refractivity contribution is 5.94. The maximum atomic E-state index is 12.9. The number of carbonyl (C=O) groups is 1. The van der Waals surface area contributed by atoms with Crippen LogP contribution in [-0.2, 0) is 19.3 Å². The van der Waals surface area contributed by atoms with Gasteiger partial charge in [-0.1, -0.05) is 26.2 Å². The van der Waals surface area contributed by atoms with Gasteiger partial charge in [0, 0.05) is 18.7 Å². The number of hydrogen-bond donors (Lipinski definition) is 0. The molecule has 0 spiro atoms. The Hall–Kier alpha value is -2.58. The first-order valence-corrected chi connectivity index (χ1v) is 9.41. The number of benzene rings is 1. The average Bonchev–Trinajstić information content (AvgIpc) is 3.11. The summed E-state index contributed by atoms with van der Waals surface area (Å²) in [6.07, 6.45) is -0.0820. The zero-order valence-electron chi connectivity index (χ0n) is 15.7. The highest BCUT2D eigenvalue weighted by atomic mass is 19.4. The van der Waals surface area contributed by atoms with Crippen LogP contribution in [0.2, 0.25) is 0 Å². The van der Waals surface area contributed by atoms with Crippen LogP contribution in [0.1, 0.15) is 54.6 Å². The van der Waals surface area contributed by atoms with Crippen molar-refractivity contribution < 1.29 is 22.7 Å². The van der Waals surface area contributed by atoms with Gasteiger partial charge in [-0.05, 0) is 30.7 Å². The van der Waals surface area contributed by atoms with Crippen molar-refractivity contribution in [2.45, 2.75) is 51.9 Å². The lowest BCUT2D eigenvalue weighted by atomic mass is 10.1. The summed E-state index contributed by atoms with van der Waals surface area (Å²) in [6.45, 7) is 2.97. The molecule has 0 N–H and O–H groups in total. The number of hydrogen-bond acceptors (Lipinski definition) is 4. The molecule has 2 heterocycles. The van der Waals surface area contributed by atoms with Gasteiger partial charge in [-0.2, -0.15) is 13.2 Å². The lowest BCUT2D eigenvalue weighted by Gasteiger charge is -2.28. The van der Waals surface area contributed by atoms with Crippen LogP contribution in [0, 0.1) is 0 Å². The molecule has 0 saturated heterocycles. The van der Waals surface area contributed by atoms with Crippen LogP contribution in [0.5, 0.6) is 5.75 Å². The Bertz CT molecular complexity index is 803. The van der Waals surface area contributed by atoms with E-state index in [2.05, 4.69) is 17.1 Å². The lowest BCUT2D eigenvalue weighted by molar-refractivity contribution is -0.147. The standard InChI is InChI=1S/C19H23F3N4O2/c1-2-3-4-5-12-28-15-8-6-14(7-9-15)17(27)25-10-11-26-16(13-25)23-24-18(26)19(20,21)22/h6-9H,2-5,10-13H2,1H3. The van der Waals surface area contributed by atoms with Crippen LogP contribution in [0.15, 0.2) is 24.3 Å². The summed E-state index contributed by atoms with van der Waals surface area (Å²) >= 11 is 0. The van der Waals surface area contributed by atoms with E-state index >= 15 is 0 Å². The van der Waals surface area contributed by atoms with E-state index in [1.165, 1.54) is 17.7 Å². The minimum atomic E-state index is -4.55. The van der Waals surface area contributed by atoms with E-state index in [-0.39, 0.29) is 31.4 Å². The molecule has 9 heteroatoms. The Morgan fingerprint density at radius 2 is 1.86 bits per heavy atom. The third-order valence-corrected chi connectivity index (χ3v) is 4.66. The molecule has 0 atom stereocenters. The van der Waals surface area contributed by atoms with Crippen molar-refractivity contribution in [2.24, 2.45) is 0 Å². The van der Waals surface area contributed by atoms with Crippen molar-refractivity contribution in [1.29, 1.82) is 0 Å². The Morgan fingerprint density at radius 3 is 2.54 bits per heavy atom. The largest absolute Gasteiger partial charge is 0.494 e. The van der Waals surface area contributed by atoms with Gasteiger partial charge in [0.2, 0.25) is 5.82 Å². The molecule has 0 aliphatic carbocycles. The Kier molecular flexibility index (Phi) is 6.21. The zero-order valence-corrected chi connectivity index (χ0v) is 15.7. The topological polar surface area (TPSA) is 60.2 Å². The van der Waals surface area contributed by atoms with E-state index < -0.39 is 12.0 Å². The molecule has 1 aliphatic rings. The summed E-state index contributed by atoms with van der Waals surface area (Å²) in [4.78, 5) is 14.1. The molecular formula is C19H23F3N4O2. The van der Waals surface area contributed by atoms with Gasteiger partial charge in [-0.3, -0.25) is 4.79 Å². The van der Waals surface area contributed by atoms with Crippen molar-refractivity contribution in [3.8, 4) is 5.75 Å². The highest BCUT2D eigenvalue weighted by Gasteiger charge is 2.39. The van der Waals surface area contributed by atoms with Gasteiger partial charge in [-0.15, -0.1) is 10.2 Å². The number of alkyl halides is 3. The van der Waals surface area contributed by atoms with E-state index in [4.69, 9.17) is 4.74 Å². The first kappa shape index (κ1) is 20.2. The molecule has 1 amide bonds. The van der Waals surface area contributed by atoms with Crippen molar-refractivity contribution in [1.82, 2.24) is 19.7 Å². The van der Waals surface area contributed by atoms with Crippen molar-refractivity contribution in [3.05, 3.63) is 41.5 Å². The van der Waals surface area contributed by atoms with E-state index in [1.807, 2.05) is 0 Å². The van der Waals surface area contributed by atoms with Gasteiger partial charge < -0.3 is 14.2 Å². The first-order chi connectivity index (χ1) is 13.4. The quantitative estimate of drug-likeness (QED) is 0.666. The summed E-state index contributed by atoms with van der Waals surface area (Å²) in [5, 5.41) is 6.83. The molecule has 3 rings (SSSR count). The van der Waals surface area contributed by atoms with Crippen molar-refractivity contribution >= 4 is 5.91 Å². The molecule has 0 radical (unpaired) electrons. The Balaban J connectivity index is 1.58. The van der Waals surface area contributed by atoms with Crippen molar-refractivity contribution in [2.75, 3.05) is 13.2 Å². The molecule has 1 aliphatic heterocycles. The number of fused-ring (bicyclic) bond motifs is 1. The summed E-state index contributed by atoms with van der Waals surface area (Å²) in [5.74, 6) is -0.437. The summed E-state index contributed by atoms with van der Waals surface area (Å²) < 4.78 is 45.4. The van der Waals surface area contributed by atoms with E-state index in [9.17, 15) is 18.0 Å². The predicted octanol–water partition coefficient (Wildman–Crippen LogP) is 3.91. The summed E-state index contributed by atoms with van der Waals surface area (Å²) in [7, 11) is 0. The molecule has 1 aromatic carbocycles. The second-order valence-electron chi connectivity index (χ2n) is 6.75. The van der Waals surface area contributed by atoms with Crippen LogP contribution in [-0.4, -0.2) is 38.7 Å². The fourth-order valence-corrected chi connectivity index (χ4v) is 3.14. The third-order valence-electron chi connectivity index (χ3n) is 4.66. The fourth-order valence-electron chi connectivity index (χ4n) is 3.14. The molecule has 0 bridgehead atoms. The number of aromatic nitrogens is 3. The van der Waals surface area contributed by atoms with E-state index in [0.29, 0.717) is 17.9 Å². The van der Waals surface area contributed by atoms with Crippen LogP contribution < -0.4 is 4.74 Å². The second-order valence-corrected chi connectivity index (χ2v) is 6.75. The highest BCUT2D eigenvalue weighted by Crippen LogP contribution is 2.29. The number of rotatable bonds is 7. The van der Waals surface area contributed by atoms with Gasteiger partial charge in [0.05, 0.1) is 13.2 Å². The minimum absolute atomic E-state index is 0.00239. The molecule has 0 fully saturated rings. The van der Waals surface area contributed by atoms with E-state index in [1.54, 1.807) is 24.3 Å².